The lowest BCUT2D eigenvalue weighted by Crippen LogP contribution is -2.41. The number of methoxy groups -OCH3 is 1. The Morgan fingerprint density at radius 3 is 2.59 bits per heavy atom. The minimum absolute atomic E-state index is 0.115. The standard InChI is InChI=1S/C14H23NO2/c1-12(8-9-17-2)15-14(11-16)10-13-6-4-3-5-7-13/h3-7,12,14-16H,8-11H2,1-2H3/t12?,14-/m1/s1. The molecule has 0 amide bonds. The van der Waals surface area contributed by atoms with Gasteiger partial charge in [0.05, 0.1) is 6.61 Å². The zero-order valence-corrected chi connectivity index (χ0v) is 10.7. The van der Waals surface area contributed by atoms with Crippen LogP contribution in [0.5, 0.6) is 0 Å². The predicted octanol–water partition coefficient (Wildman–Crippen LogP) is 1.60. The van der Waals surface area contributed by atoms with Gasteiger partial charge >= 0.3 is 0 Å². The van der Waals surface area contributed by atoms with Gasteiger partial charge in [-0.1, -0.05) is 30.3 Å². The average Bonchev–Trinajstić information content (AvgIpc) is 2.36. The fraction of sp³-hybridized carbons (Fsp3) is 0.571. The second kappa shape index (κ2) is 8.23. The molecule has 0 saturated heterocycles. The number of ether oxygens (including phenoxy) is 1. The smallest absolute Gasteiger partial charge is 0.0587 e. The molecule has 3 heteroatoms. The Morgan fingerprint density at radius 1 is 1.29 bits per heavy atom. The number of benzene rings is 1. The van der Waals surface area contributed by atoms with Crippen LogP contribution in [-0.4, -0.2) is 37.5 Å². The van der Waals surface area contributed by atoms with Crippen molar-refractivity contribution >= 4 is 0 Å². The number of aliphatic hydroxyl groups excluding tert-OH is 1. The minimum Gasteiger partial charge on any atom is -0.395 e. The molecule has 0 aliphatic carbocycles. The summed E-state index contributed by atoms with van der Waals surface area (Å²) in [5.41, 5.74) is 1.25. The normalized spacial score (nSPS) is 14.5. The van der Waals surface area contributed by atoms with Crippen LogP contribution in [0.15, 0.2) is 30.3 Å². The van der Waals surface area contributed by atoms with Crippen molar-refractivity contribution in [1.82, 2.24) is 5.32 Å². The molecule has 1 rings (SSSR count). The first kappa shape index (κ1) is 14.2. The molecular formula is C14H23NO2. The molecule has 0 aromatic heterocycles. The maximum atomic E-state index is 9.37. The van der Waals surface area contributed by atoms with Crippen molar-refractivity contribution in [2.75, 3.05) is 20.3 Å². The molecule has 0 aliphatic heterocycles. The molecule has 0 radical (unpaired) electrons. The van der Waals surface area contributed by atoms with Gasteiger partial charge in [0, 0.05) is 25.8 Å². The Bertz CT molecular complexity index is 290. The molecule has 17 heavy (non-hydrogen) atoms. The van der Waals surface area contributed by atoms with Crippen LogP contribution in [0.3, 0.4) is 0 Å². The molecule has 96 valence electrons. The summed E-state index contributed by atoms with van der Waals surface area (Å²) < 4.78 is 5.04. The number of rotatable bonds is 8. The SMILES string of the molecule is COCCC(C)N[C@@H](CO)Cc1ccccc1. The van der Waals surface area contributed by atoms with E-state index in [0.717, 1.165) is 19.4 Å². The molecule has 1 aromatic carbocycles. The van der Waals surface area contributed by atoms with E-state index in [1.165, 1.54) is 5.56 Å². The van der Waals surface area contributed by atoms with E-state index in [-0.39, 0.29) is 12.6 Å². The number of hydrogen-bond acceptors (Lipinski definition) is 3. The van der Waals surface area contributed by atoms with Crippen LogP contribution in [-0.2, 0) is 11.2 Å². The molecule has 1 aromatic rings. The predicted molar refractivity (Wildman–Crippen MR) is 70.1 cm³/mol. The number of hydrogen-bond donors (Lipinski definition) is 2. The highest BCUT2D eigenvalue weighted by Gasteiger charge is 2.11. The lowest BCUT2D eigenvalue weighted by Gasteiger charge is -2.21. The van der Waals surface area contributed by atoms with Crippen molar-refractivity contribution in [1.29, 1.82) is 0 Å². The van der Waals surface area contributed by atoms with Crippen LogP contribution in [0.1, 0.15) is 18.9 Å². The molecule has 2 N–H and O–H groups in total. The van der Waals surface area contributed by atoms with Crippen molar-refractivity contribution in [3.63, 3.8) is 0 Å². The Hall–Kier alpha value is -0.900. The second-order valence-corrected chi connectivity index (χ2v) is 4.42. The van der Waals surface area contributed by atoms with Crippen molar-refractivity contribution in [3.8, 4) is 0 Å². The Kier molecular flexibility index (Phi) is 6.86. The molecule has 0 fully saturated rings. The third kappa shape index (κ3) is 5.82. The highest BCUT2D eigenvalue weighted by molar-refractivity contribution is 5.15. The van der Waals surface area contributed by atoms with E-state index in [9.17, 15) is 5.11 Å². The third-order valence-corrected chi connectivity index (χ3v) is 2.82. The average molecular weight is 237 g/mol. The highest BCUT2D eigenvalue weighted by atomic mass is 16.5. The van der Waals surface area contributed by atoms with Gasteiger partial charge in [0.2, 0.25) is 0 Å². The summed E-state index contributed by atoms with van der Waals surface area (Å²) in [6.45, 7) is 3.02. The molecule has 2 atom stereocenters. The monoisotopic (exact) mass is 237 g/mol. The van der Waals surface area contributed by atoms with Gasteiger partial charge in [0.15, 0.2) is 0 Å². The van der Waals surface area contributed by atoms with Crippen LogP contribution in [0.4, 0.5) is 0 Å². The molecule has 0 saturated carbocycles. The Balaban J connectivity index is 2.38. The van der Waals surface area contributed by atoms with Gasteiger partial charge in [0.1, 0.15) is 0 Å². The first-order valence-electron chi connectivity index (χ1n) is 6.16. The van der Waals surface area contributed by atoms with E-state index in [0.29, 0.717) is 6.04 Å². The summed E-state index contributed by atoms with van der Waals surface area (Å²) in [5.74, 6) is 0. The van der Waals surface area contributed by atoms with E-state index < -0.39 is 0 Å². The highest BCUT2D eigenvalue weighted by Crippen LogP contribution is 2.04. The van der Waals surface area contributed by atoms with Crippen molar-refractivity contribution in [3.05, 3.63) is 35.9 Å². The summed E-state index contributed by atoms with van der Waals surface area (Å²) in [6, 6.07) is 10.7. The zero-order valence-electron chi connectivity index (χ0n) is 10.7. The van der Waals surface area contributed by atoms with Crippen LogP contribution in [0.25, 0.3) is 0 Å². The largest absolute Gasteiger partial charge is 0.395 e. The van der Waals surface area contributed by atoms with E-state index in [1.54, 1.807) is 7.11 Å². The molecule has 0 bridgehead atoms. The summed E-state index contributed by atoms with van der Waals surface area (Å²) in [5, 5.41) is 12.8. The summed E-state index contributed by atoms with van der Waals surface area (Å²) in [6.07, 6.45) is 1.82. The van der Waals surface area contributed by atoms with Gasteiger partial charge in [-0.25, -0.2) is 0 Å². The third-order valence-electron chi connectivity index (χ3n) is 2.82. The molecular weight excluding hydrogens is 214 g/mol. The summed E-state index contributed by atoms with van der Waals surface area (Å²) in [4.78, 5) is 0. The molecule has 0 aliphatic rings. The van der Waals surface area contributed by atoms with Gasteiger partial charge in [-0.2, -0.15) is 0 Å². The van der Waals surface area contributed by atoms with Gasteiger partial charge < -0.3 is 15.2 Å². The van der Waals surface area contributed by atoms with Gasteiger partial charge in [-0.3, -0.25) is 0 Å². The van der Waals surface area contributed by atoms with E-state index in [2.05, 4.69) is 24.4 Å². The van der Waals surface area contributed by atoms with Crippen molar-refractivity contribution in [2.24, 2.45) is 0 Å². The summed E-state index contributed by atoms with van der Waals surface area (Å²) >= 11 is 0. The second-order valence-electron chi connectivity index (χ2n) is 4.42. The fourth-order valence-corrected chi connectivity index (χ4v) is 1.86. The van der Waals surface area contributed by atoms with E-state index in [1.807, 2.05) is 18.2 Å². The fourth-order valence-electron chi connectivity index (χ4n) is 1.86. The quantitative estimate of drug-likeness (QED) is 0.721. The van der Waals surface area contributed by atoms with Crippen LogP contribution in [0, 0.1) is 0 Å². The zero-order chi connectivity index (χ0) is 12.5. The first-order valence-corrected chi connectivity index (χ1v) is 6.16. The van der Waals surface area contributed by atoms with Crippen molar-refractivity contribution in [2.45, 2.75) is 31.8 Å². The van der Waals surface area contributed by atoms with Gasteiger partial charge in [-0.05, 0) is 25.3 Å². The van der Waals surface area contributed by atoms with Crippen LogP contribution >= 0.6 is 0 Å². The summed E-state index contributed by atoms with van der Waals surface area (Å²) in [7, 11) is 1.71. The topological polar surface area (TPSA) is 41.5 Å². The number of aliphatic hydroxyl groups is 1. The van der Waals surface area contributed by atoms with Crippen LogP contribution < -0.4 is 5.32 Å². The maximum absolute atomic E-state index is 9.37. The van der Waals surface area contributed by atoms with Crippen molar-refractivity contribution < 1.29 is 9.84 Å². The lowest BCUT2D eigenvalue weighted by molar-refractivity contribution is 0.175. The minimum atomic E-state index is 0.115. The molecule has 0 spiro atoms. The number of nitrogens with one attached hydrogen (secondary N) is 1. The Morgan fingerprint density at radius 2 is 2.00 bits per heavy atom. The van der Waals surface area contributed by atoms with E-state index in [4.69, 9.17) is 4.74 Å². The molecule has 3 nitrogen and oxygen atoms in total. The maximum Gasteiger partial charge on any atom is 0.0587 e. The molecule has 0 heterocycles. The lowest BCUT2D eigenvalue weighted by atomic mass is 10.1. The van der Waals surface area contributed by atoms with Gasteiger partial charge in [-0.15, -0.1) is 0 Å². The van der Waals surface area contributed by atoms with Gasteiger partial charge in [0.25, 0.3) is 0 Å². The van der Waals surface area contributed by atoms with Crippen LogP contribution in [0.2, 0.25) is 0 Å². The Labute approximate surface area is 104 Å². The first-order chi connectivity index (χ1) is 8.26. The van der Waals surface area contributed by atoms with E-state index >= 15 is 0 Å². The molecule has 1 unspecified atom stereocenters.